The summed E-state index contributed by atoms with van der Waals surface area (Å²) in [6.45, 7) is 5.85. The number of hydrogen-bond donors (Lipinski definition) is 0. The third kappa shape index (κ3) is 3.24. The van der Waals surface area contributed by atoms with Gasteiger partial charge in [0.1, 0.15) is 5.82 Å². The lowest BCUT2D eigenvalue weighted by molar-refractivity contribution is 0.0748. The number of fused-ring (bicyclic) bond motifs is 1. The highest BCUT2D eigenvalue weighted by Crippen LogP contribution is 2.30. The van der Waals surface area contributed by atoms with Gasteiger partial charge in [-0.1, -0.05) is 25.1 Å². The highest BCUT2D eigenvalue weighted by atomic mass is 16.2. The predicted molar refractivity (Wildman–Crippen MR) is 105 cm³/mol. The third-order valence-electron chi connectivity index (χ3n) is 5.04. The molecule has 0 radical (unpaired) electrons. The Morgan fingerprint density at radius 1 is 1.19 bits per heavy atom. The molecule has 1 heterocycles. The molecule has 1 aliphatic rings. The second-order valence-corrected chi connectivity index (χ2v) is 7.23. The molecule has 0 saturated heterocycles. The van der Waals surface area contributed by atoms with Crippen LogP contribution in [0, 0.1) is 12.8 Å². The summed E-state index contributed by atoms with van der Waals surface area (Å²) >= 11 is 0. The summed E-state index contributed by atoms with van der Waals surface area (Å²) in [5.41, 5.74) is 3.74. The standard InChI is InChI=1S/C22H25N3O/c1-3-13-24(15-17-9-10-17)22(26)18-11-12-21-20(14-18)23-16(2)25(21)19-7-5-4-6-8-19/h4-8,11-12,14,17H,3,9-10,13,15H2,1-2H3. The van der Waals surface area contributed by atoms with Crippen molar-refractivity contribution in [1.29, 1.82) is 0 Å². The highest BCUT2D eigenvalue weighted by molar-refractivity contribution is 5.97. The van der Waals surface area contributed by atoms with Crippen molar-refractivity contribution < 1.29 is 4.79 Å². The molecule has 134 valence electrons. The van der Waals surface area contributed by atoms with E-state index in [1.165, 1.54) is 12.8 Å². The zero-order valence-electron chi connectivity index (χ0n) is 15.5. The number of aryl methyl sites for hydroxylation is 1. The van der Waals surface area contributed by atoms with Crippen LogP contribution in [0.2, 0.25) is 0 Å². The van der Waals surface area contributed by atoms with Gasteiger partial charge in [0, 0.05) is 24.3 Å². The first-order valence-corrected chi connectivity index (χ1v) is 9.51. The maximum atomic E-state index is 13.0. The van der Waals surface area contributed by atoms with E-state index in [1.54, 1.807) is 0 Å². The van der Waals surface area contributed by atoms with Gasteiger partial charge in [-0.3, -0.25) is 9.36 Å². The lowest BCUT2D eigenvalue weighted by atomic mass is 10.1. The smallest absolute Gasteiger partial charge is 0.253 e. The van der Waals surface area contributed by atoms with Gasteiger partial charge in [0.05, 0.1) is 11.0 Å². The summed E-state index contributed by atoms with van der Waals surface area (Å²) < 4.78 is 2.14. The topological polar surface area (TPSA) is 38.1 Å². The predicted octanol–water partition coefficient (Wildman–Crippen LogP) is 4.60. The molecule has 0 N–H and O–H groups in total. The lowest BCUT2D eigenvalue weighted by Gasteiger charge is -2.22. The second-order valence-electron chi connectivity index (χ2n) is 7.23. The molecule has 4 nitrogen and oxygen atoms in total. The van der Waals surface area contributed by atoms with Gasteiger partial charge in [-0.25, -0.2) is 4.98 Å². The first-order valence-electron chi connectivity index (χ1n) is 9.51. The molecular formula is C22H25N3O. The fourth-order valence-electron chi connectivity index (χ4n) is 3.58. The van der Waals surface area contributed by atoms with Crippen molar-refractivity contribution in [1.82, 2.24) is 14.5 Å². The largest absolute Gasteiger partial charge is 0.338 e. The SMILES string of the molecule is CCCN(CC1CC1)C(=O)c1ccc2c(c1)nc(C)n2-c1ccccc1. The average molecular weight is 347 g/mol. The van der Waals surface area contributed by atoms with Gasteiger partial charge in [0.25, 0.3) is 5.91 Å². The van der Waals surface area contributed by atoms with Crippen LogP contribution in [0.25, 0.3) is 16.7 Å². The average Bonchev–Trinajstić information content (AvgIpc) is 3.41. The normalized spacial score (nSPS) is 13.9. The maximum absolute atomic E-state index is 13.0. The summed E-state index contributed by atoms with van der Waals surface area (Å²) in [6, 6.07) is 16.1. The van der Waals surface area contributed by atoms with Crippen LogP contribution >= 0.6 is 0 Å². The minimum absolute atomic E-state index is 0.132. The van der Waals surface area contributed by atoms with E-state index in [4.69, 9.17) is 4.98 Å². The Morgan fingerprint density at radius 3 is 2.65 bits per heavy atom. The van der Waals surface area contributed by atoms with Gasteiger partial charge >= 0.3 is 0 Å². The quantitative estimate of drug-likeness (QED) is 0.654. The molecule has 1 fully saturated rings. The Hall–Kier alpha value is -2.62. The van der Waals surface area contributed by atoms with Crippen molar-refractivity contribution in [3.8, 4) is 5.69 Å². The molecule has 0 bridgehead atoms. The molecule has 4 rings (SSSR count). The Morgan fingerprint density at radius 2 is 1.96 bits per heavy atom. The van der Waals surface area contributed by atoms with E-state index in [0.29, 0.717) is 5.92 Å². The number of rotatable bonds is 6. The molecule has 2 aromatic carbocycles. The van der Waals surface area contributed by atoms with E-state index >= 15 is 0 Å². The van der Waals surface area contributed by atoms with Crippen molar-refractivity contribution >= 4 is 16.9 Å². The van der Waals surface area contributed by atoms with Crippen LogP contribution in [0.5, 0.6) is 0 Å². The number of para-hydroxylation sites is 1. The third-order valence-corrected chi connectivity index (χ3v) is 5.04. The lowest BCUT2D eigenvalue weighted by Crippen LogP contribution is -2.33. The summed E-state index contributed by atoms with van der Waals surface area (Å²) in [5.74, 6) is 1.76. The summed E-state index contributed by atoms with van der Waals surface area (Å²) in [4.78, 5) is 19.7. The van der Waals surface area contributed by atoms with Crippen LogP contribution in [0.4, 0.5) is 0 Å². The molecule has 0 atom stereocenters. The van der Waals surface area contributed by atoms with Crippen LogP contribution in [-0.2, 0) is 0 Å². The van der Waals surface area contributed by atoms with Crippen molar-refractivity contribution in [3.63, 3.8) is 0 Å². The molecule has 4 heteroatoms. The summed E-state index contributed by atoms with van der Waals surface area (Å²) in [6.07, 6.45) is 3.50. The molecule has 1 amide bonds. The molecule has 0 unspecified atom stereocenters. The number of nitrogens with zero attached hydrogens (tertiary/aromatic N) is 3. The van der Waals surface area contributed by atoms with Crippen molar-refractivity contribution in [3.05, 3.63) is 59.9 Å². The van der Waals surface area contributed by atoms with Crippen LogP contribution in [0.15, 0.2) is 48.5 Å². The Labute approximate surface area is 154 Å². The summed E-state index contributed by atoms with van der Waals surface area (Å²) in [7, 11) is 0. The van der Waals surface area contributed by atoms with Crippen LogP contribution in [0.1, 0.15) is 42.4 Å². The van der Waals surface area contributed by atoms with Gasteiger partial charge in [0.2, 0.25) is 0 Å². The Bertz CT molecular complexity index is 925. The zero-order chi connectivity index (χ0) is 18.1. The number of imidazole rings is 1. The van der Waals surface area contributed by atoms with Gasteiger partial charge in [0.15, 0.2) is 0 Å². The fraction of sp³-hybridized carbons (Fsp3) is 0.364. The van der Waals surface area contributed by atoms with Crippen LogP contribution in [-0.4, -0.2) is 33.4 Å². The van der Waals surface area contributed by atoms with E-state index in [-0.39, 0.29) is 5.91 Å². The number of aromatic nitrogens is 2. The zero-order valence-corrected chi connectivity index (χ0v) is 15.5. The first kappa shape index (κ1) is 16.8. The molecule has 3 aromatic rings. The van der Waals surface area contributed by atoms with Crippen molar-refractivity contribution in [2.24, 2.45) is 5.92 Å². The van der Waals surface area contributed by atoms with E-state index in [2.05, 4.69) is 23.6 Å². The van der Waals surface area contributed by atoms with E-state index < -0.39 is 0 Å². The van der Waals surface area contributed by atoms with Crippen molar-refractivity contribution in [2.75, 3.05) is 13.1 Å². The van der Waals surface area contributed by atoms with Crippen molar-refractivity contribution in [2.45, 2.75) is 33.1 Å². The number of carbonyl (C=O) groups excluding carboxylic acids is 1. The highest BCUT2D eigenvalue weighted by Gasteiger charge is 2.27. The second kappa shape index (κ2) is 6.94. The minimum atomic E-state index is 0.132. The molecule has 1 aromatic heterocycles. The maximum Gasteiger partial charge on any atom is 0.253 e. The van der Waals surface area contributed by atoms with Gasteiger partial charge in [-0.05, 0) is 62.4 Å². The minimum Gasteiger partial charge on any atom is -0.338 e. The molecule has 1 saturated carbocycles. The van der Waals surface area contributed by atoms with E-state index in [0.717, 1.165) is 47.6 Å². The molecule has 0 aliphatic heterocycles. The number of amides is 1. The number of carbonyl (C=O) groups is 1. The first-order chi connectivity index (χ1) is 12.7. The molecular weight excluding hydrogens is 322 g/mol. The molecule has 1 aliphatic carbocycles. The Balaban J connectivity index is 1.68. The Kier molecular flexibility index (Phi) is 4.49. The van der Waals surface area contributed by atoms with Crippen LogP contribution < -0.4 is 0 Å². The number of benzene rings is 2. The molecule has 0 spiro atoms. The van der Waals surface area contributed by atoms with Gasteiger partial charge in [-0.15, -0.1) is 0 Å². The fourth-order valence-corrected chi connectivity index (χ4v) is 3.58. The van der Waals surface area contributed by atoms with E-state index in [1.807, 2.05) is 48.2 Å². The monoisotopic (exact) mass is 347 g/mol. The van der Waals surface area contributed by atoms with Crippen LogP contribution in [0.3, 0.4) is 0 Å². The molecule has 26 heavy (non-hydrogen) atoms. The summed E-state index contributed by atoms with van der Waals surface area (Å²) in [5, 5.41) is 0. The van der Waals surface area contributed by atoms with Gasteiger partial charge in [-0.2, -0.15) is 0 Å². The van der Waals surface area contributed by atoms with E-state index in [9.17, 15) is 4.79 Å². The number of hydrogen-bond acceptors (Lipinski definition) is 2. The van der Waals surface area contributed by atoms with Gasteiger partial charge < -0.3 is 4.90 Å².